The smallest absolute Gasteiger partial charge is 0.328 e. The van der Waals surface area contributed by atoms with E-state index in [9.17, 15) is 4.79 Å². The molecular formula is C16H19ClO3. The van der Waals surface area contributed by atoms with Crippen molar-refractivity contribution in [3.05, 3.63) is 40.9 Å². The number of carboxylic acid groups (broad SMARTS) is 1. The highest BCUT2D eigenvalue weighted by molar-refractivity contribution is 6.30. The molecule has 20 heavy (non-hydrogen) atoms. The molecule has 0 aromatic heterocycles. The van der Waals surface area contributed by atoms with Crippen LogP contribution in [-0.4, -0.2) is 17.7 Å². The Labute approximate surface area is 124 Å². The van der Waals surface area contributed by atoms with Crippen molar-refractivity contribution in [3.8, 4) is 5.75 Å². The van der Waals surface area contributed by atoms with E-state index in [0.29, 0.717) is 5.92 Å². The number of benzene rings is 1. The van der Waals surface area contributed by atoms with Crippen LogP contribution in [0.4, 0.5) is 0 Å². The topological polar surface area (TPSA) is 46.5 Å². The van der Waals surface area contributed by atoms with Crippen molar-refractivity contribution in [2.75, 3.05) is 6.61 Å². The molecule has 1 aromatic carbocycles. The van der Waals surface area contributed by atoms with Crippen molar-refractivity contribution >= 4 is 17.6 Å². The predicted octanol–water partition coefficient (Wildman–Crippen LogP) is 4.41. The summed E-state index contributed by atoms with van der Waals surface area (Å²) in [6.45, 7) is 0.258. The molecule has 1 fully saturated rings. The van der Waals surface area contributed by atoms with Gasteiger partial charge in [0.25, 0.3) is 0 Å². The first-order valence-electron chi connectivity index (χ1n) is 6.98. The molecule has 0 spiro atoms. The average Bonchev–Trinajstić information content (AvgIpc) is 2.45. The highest BCUT2D eigenvalue weighted by Crippen LogP contribution is 2.38. The molecule has 0 amide bonds. The van der Waals surface area contributed by atoms with E-state index in [-0.39, 0.29) is 6.61 Å². The van der Waals surface area contributed by atoms with E-state index in [2.05, 4.69) is 0 Å². The van der Waals surface area contributed by atoms with E-state index in [1.807, 2.05) is 18.2 Å². The minimum atomic E-state index is -0.961. The lowest BCUT2D eigenvalue weighted by Gasteiger charge is -2.24. The van der Waals surface area contributed by atoms with Crippen molar-refractivity contribution in [3.63, 3.8) is 0 Å². The van der Waals surface area contributed by atoms with E-state index in [1.165, 1.54) is 38.2 Å². The molecule has 0 bridgehead atoms. The lowest BCUT2D eigenvalue weighted by molar-refractivity contribution is -0.131. The molecule has 108 valence electrons. The first-order chi connectivity index (χ1) is 9.66. The van der Waals surface area contributed by atoms with Gasteiger partial charge in [0, 0.05) is 11.1 Å². The van der Waals surface area contributed by atoms with Gasteiger partial charge in [-0.1, -0.05) is 30.9 Å². The Kier molecular flexibility index (Phi) is 5.48. The fourth-order valence-corrected chi connectivity index (χ4v) is 2.85. The van der Waals surface area contributed by atoms with Gasteiger partial charge in [-0.25, -0.2) is 4.79 Å². The number of halogens is 1. The van der Waals surface area contributed by atoms with Gasteiger partial charge in [0.15, 0.2) is 0 Å². The van der Waals surface area contributed by atoms with Crippen molar-refractivity contribution in [2.24, 2.45) is 0 Å². The van der Waals surface area contributed by atoms with Gasteiger partial charge in [0.1, 0.15) is 12.4 Å². The first kappa shape index (κ1) is 14.9. The molecule has 1 N–H and O–H groups in total. The Hall–Kier alpha value is -1.48. The third-order valence-corrected chi connectivity index (χ3v) is 3.85. The van der Waals surface area contributed by atoms with Crippen molar-refractivity contribution in [1.82, 2.24) is 0 Å². The van der Waals surface area contributed by atoms with Crippen LogP contribution < -0.4 is 4.74 Å². The van der Waals surface area contributed by atoms with Gasteiger partial charge in [0.05, 0.1) is 0 Å². The van der Waals surface area contributed by atoms with E-state index in [0.717, 1.165) is 22.4 Å². The van der Waals surface area contributed by atoms with Gasteiger partial charge in [-0.2, -0.15) is 0 Å². The molecule has 1 aliphatic carbocycles. The van der Waals surface area contributed by atoms with Crippen LogP contribution in [0.15, 0.2) is 30.4 Å². The molecule has 1 saturated carbocycles. The van der Waals surface area contributed by atoms with Crippen LogP contribution in [0.3, 0.4) is 0 Å². The number of aliphatic carboxylic acids is 1. The summed E-state index contributed by atoms with van der Waals surface area (Å²) < 4.78 is 5.69. The third-order valence-electron chi connectivity index (χ3n) is 3.61. The molecule has 2 rings (SSSR count). The number of rotatable bonds is 5. The highest BCUT2D eigenvalue weighted by Gasteiger charge is 2.19. The second-order valence-electron chi connectivity index (χ2n) is 5.07. The lowest BCUT2D eigenvalue weighted by atomic mass is 9.84. The minimum absolute atomic E-state index is 0.258. The molecule has 1 aliphatic rings. The number of ether oxygens (including phenoxy) is 1. The van der Waals surface area contributed by atoms with Crippen molar-refractivity contribution in [2.45, 2.75) is 38.0 Å². The van der Waals surface area contributed by atoms with Crippen LogP contribution >= 0.6 is 11.6 Å². The fourth-order valence-electron chi connectivity index (χ4n) is 2.67. The van der Waals surface area contributed by atoms with Gasteiger partial charge in [-0.15, -0.1) is 0 Å². The zero-order chi connectivity index (χ0) is 14.4. The summed E-state index contributed by atoms with van der Waals surface area (Å²) in [6, 6.07) is 5.67. The third kappa shape index (κ3) is 4.27. The monoisotopic (exact) mass is 294 g/mol. The minimum Gasteiger partial charge on any atom is -0.489 e. The zero-order valence-electron chi connectivity index (χ0n) is 11.3. The van der Waals surface area contributed by atoms with Crippen LogP contribution in [0.5, 0.6) is 5.75 Å². The maximum atomic E-state index is 10.4. The van der Waals surface area contributed by atoms with E-state index >= 15 is 0 Å². The molecule has 0 heterocycles. The summed E-state index contributed by atoms with van der Waals surface area (Å²) >= 11 is 6.09. The van der Waals surface area contributed by atoms with Gasteiger partial charge < -0.3 is 9.84 Å². The summed E-state index contributed by atoms with van der Waals surface area (Å²) in [4.78, 5) is 10.4. The molecule has 0 saturated heterocycles. The van der Waals surface area contributed by atoms with Crippen LogP contribution in [0, 0.1) is 0 Å². The Morgan fingerprint density at radius 3 is 2.80 bits per heavy atom. The quantitative estimate of drug-likeness (QED) is 0.818. The molecule has 0 unspecified atom stereocenters. The zero-order valence-corrected chi connectivity index (χ0v) is 12.1. The number of carbonyl (C=O) groups is 1. The maximum absolute atomic E-state index is 10.4. The summed E-state index contributed by atoms with van der Waals surface area (Å²) in [5.41, 5.74) is 1.15. The van der Waals surface area contributed by atoms with Crippen LogP contribution in [0.2, 0.25) is 5.02 Å². The number of hydrogen-bond acceptors (Lipinski definition) is 2. The average molecular weight is 295 g/mol. The maximum Gasteiger partial charge on any atom is 0.328 e. The van der Waals surface area contributed by atoms with Gasteiger partial charge in [-0.3, -0.25) is 0 Å². The van der Waals surface area contributed by atoms with Crippen molar-refractivity contribution in [1.29, 1.82) is 0 Å². The van der Waals surface area contributed by atoms with Gasteiger partial charge in [-0.05, 0) is 48.6 Å². The van der Waals surface area contributed by atoms with Gasteiger partial charge in [0.2, 0.25) is 0 Å². The SMILES string of the molecule is O=C(O)/C=C/COc1ccc(Cl)cc1C1CCCCC1. The van der Waals surface area contributed by atoms with E-state index < -0.39 is 5.97 Å². The lowest BCUT2D eigenvalue weighted by Crippen LogP contribution is -2.07. The second-order valence-corrected chi connectivity index (χ2v) is 5.51. The predicted molar refractivity (Wildman–Crippen MR) is 79.5 cm³/mol. The van der Waals surface area contributed by atoms with E-state index in [1.54, 1.807) is 0 Å². The molecule has 3 nitrogen and oxygen atoms in total. The van der Waals surface area contributed by atoms with Crippen LogP contribution in [-0.2, 0) is 4.79 Å². The highest BCUT2D eigenvalue weighted by atomic mass is 35.5. The summed E-state index contributed by atoms with van der Waals surface area (Å²) in [6.07, 6.45) is 8.72. The Morgan fingerprint density at radius 1 is 1.35 bits per heavy atom. The van der Waals surface area contributed by atoms with E-state index in [4.69, 9.17) is 21.4 Å². The summed E-state index contributed by atoms with van der Waals surface area (Å²) in [5, 5.41) is 9.27. The summed E-state index contributed by atoms with van der Waals surface area (Å²) in [7, 11) is 0. The Morgan fingerprint density at radius 2 is 2.10 bits per heavy atom. The molecular weight excluding hydrogens is 276 g/mol. The number of carboxylic acids is 1. The molecule has 0 aliphatic heterocycles. The molecule has 0 atom stereocenters. The first-order valence-corrected chi connectivity index (χ1v) is 7.36. The summed E-state index contributed by atoms with van der Waals surface area (Å²) in [5.74, 6) is 0.356. The number of hydrogen-bond donors (Lipinski definition) is 1. The molecule has 1 aromatic rings. The normalized spacial score (nSPS) is 16.4. The largest absolute Gasteiger partial charge is 0.489 e. The Bertz CT molecular complexity index is 490. The Balaban J connectivity index is 2.08. The fraction of sp³-hybridized carbons (Fsp3) is 0.438. The molecule has 4 heteroatoms. The van der Waals surface area contributed by atoms with Crippen molar-refractivity contribution < 1.29 is 14.6 Å². The standard InChI is InChI=1S/C16H19ClO3/c17-13-8-9-15(20-10-4-7-16(18)19)14(11-13)12-5-2-1-3-6-12/h4,7-9,11-12H,1-3,5-6,10H2,(H,18,19)/b7-4+. The molecule has 0 radical (unpaired) electrons. The van der Waals surface area contributed by atoms with Crippen LogP contribution in [0.25, 0.3) is 0 Å². The van der Waals surface area contributed by atoms with Gasteiger partial charge >= 0.3 is 5.97 Å². The second kappa shape index (κ2) is 7.34. The van der Waals surface area contributed by atoms with Crippen LogP contribution in [0.1, 0.15) is 43.6 Å².